The number of rotatable bonds is 29. The number of carbonyl (C=O) groups is 10. The van der Waals surface area contributed by atoms with E-state index < -0.39 is 177 Å². The molecule has 29 nitrogen and oxygen atoms in total. The number of nitrogens with one attached hydrogen (secondary N) is 3. The van der Waals surface area contributed by atoms with Crippen LogP contribution in [0.15, 0.2) is 48.5 Å². The molecule has 2 heterocycles. The number of alkyl carbamates (subject to hydrolysis) is 1. The summed E-state index contributed by atoms with van der Waals surface area (Å²) >= 11 is 0. The standard InChI is InChI=1S/C57H79N3O26/c1-29(61)73-25-42(60-56(70)86-57(10,11)12)48(78-34(6)66)49(43(77-33(5)65)26-74-30(2)62)84-54-47(59-24-39-17-21-41(72-14)22-18-39)53(81-37(9)69)51(45(83-54)28-76-32(4)64)85-55-46(58-23-38-15-19-40(71-13)20-16-38)52(80-36(8)68)50(79-35(7)67)44(82-55)27-75-31(3)63/h15-22,42-55,58-59H,23-28H2,1-14H3,(H,60,70)/t42?,43?,44?,45?,46?,47?,48-,49+,50+,51+,52-,53-,54+,55+/m1/s1. The molecule has 86 heavy (non-hydrogen) atoms. The molecule has 6 unspecified atom stereocenters. The summed E-state index contributed by atoms with van der Waals surface area (Å²) in [6.45, 7) is 11.1. The van der Waals surface area contributed by atoms with Gasteiger partial charge in [-0.05, 0) is 56.2 Å². The van der Waals surface area contributed by atoms with Gasteiger partial charge >= 0.3 is 59.8 Å². The SMILES string of the molecule is COc1ccc(CNC2[C@H](O[C@H]3C(COC(C)=O)O[C@@H](O[C@@H](C(COC(C)=O)OC(C)=O)[C@H](OC(C)=O)C(COC(C)=O)NC(=O)OC(C)(C)C)C(NCc4ccc(OC)cc4)[C@H]3OC(C)=O)OC(COC(C)=O)[C@H](OC(C)=O)[C@@H]2OC(C)=O)cc1. The van der Waals surface area contributed by atoms with Gasteiger partial charge in [0.05, 0.1) is 20.3 Å². The predicted octanol–water partition coefficient (Wildman–Crippen LogP) is 2.34. The number of carbonyl (C=O) groups excluding carboxylic acids is 10. The first-order chi connectivity index (χ1) is 40.5. The molecule has 0 radical (unpaired) electrons. The van der Waals surface area contributed by atoms with Crippen molar-refractivity contribution < 1.29 is 124 Å². The topological polar surface area (TPSA) is 354 Å². The minimum atomic E-state index is -1.98. The third kappa shape index (κ3) is 23.6. The number of esters is 9. The van der Waals surface area contributed by atoms with Gasteiger partial charge in [-0.25, -0.2) is 4.79 Å². The molecule has 1 amide bonds. The van der Waals surface area contributed by atoms with Crippen LogP contribution in [0.2, 0.25) is 0 Å². The van der Waals surface area contributed by atoms with E-state index in [0.717, 1.165) is 62.3 Å². The summed E-state index contributed by atoms with van der Waals surface area (Å²) < 4.78 is 94.6. The van der Waals surface area contributed by atoms with Gasteiger partial charge in [-0.15, -0.1) is 0 Å². The highest BCUT2D eigenvalue weighted by atomic mass is 16.8. The van der Waals surface area contributed by atoms with E-state index in [2.05, 4.69) is 16.0 Å². The fraction of sp³-hybridized carbons (Fsp3) is 0.614. The van der Waals surface area contributed by atoms with E-state index in [1.54, 1.807) is 69.3 Å². The van der Waals surface area contributed by atoms with E-state index in [1.165, 1.54) is 14.2 Å². The van der Waals surface area contributed by atoms with Crippen LogP contribution < -0.4 is 25.4 Å². The third-order valence-corrected chi connectivity index (χ3v) is 12.4. The van der Waals surface area contributed by atoms with E-state index in [4.69, 9.17) is 75.8 Å². The lowest BCUT2D eigenvalue weighted by molar-refractivity contribution is -0.344. The highest BCUT2D eigenvalue weighted by Crippen LogP contribution is 2.36. The van der Waals surface area contributed by atoms with E-state index in [-0.39, 0.29) is 13.1 Å². The Kier molecular flexibility index (Phi) is 27.9. The van der Waals surface area contributed by atoms with Crippen LogP contribution in [0.5, 0.6) is 11.5 Å². The number of hydrogen-bond donors (Lipinski definition) is 3. The van der Waals surface area contributed by atoms with E-state index in [0.29, 0.717) is 22.6 Å². The van der Waals surface area contributed by atoms with Crippen LogP contribution in [0.3, 0.4) is 0 Å². The number of benzene rings is 2. The number of ether oxygens (including phenoxy) is 16. The molecule has 0 bridgehead atoms. The molecule has 29 heteroatoms. The molecule has 2 aromatic carbocycles. The van der Waals surface area contributed by atoms with E-state index in [9.17, 15) is 47.9 Å². The van der Waals surface area contributed by atoms with Crippen LogP contribution in [0.1, 0.15) is 94.2 Å². The lowest BCUT2D eigenvalue weighted by Gasteiger charge is -2.50. The molecule has 2 saturated heterocycles. The summed E-state index contributed by atoms with van der Waals surface area (Å²) in [4.78, 5) is 130. The van der Waals surface area contributed by atoms with Crippen LogP contribution in [-0.2, 0) is 123 Å². The molecule has 478 valence electrons. The highest BCUT2D eigenvalue weighted by Gasteiger charge is 2.57. The van der Waals surface area contributed by atoms with Crippen molar-refractivity contribution in [2.24, 2.45) is 0 Å². The molecule has 2 fully saturated rings. The van der Waals surface area contributed by atoms with Gasteiger partial charge in [0.2, 0.25) is 0 Å². The quantitative estimate of drug-likeness (QED) is 0.0777. The summed E-state index contributed by atoms with van der Waals surface area (Å²) in [7, 11) is 2.95. The second-order valence-electron chi connectivity index (χ2n) is 20.7. The molecule has 2 aliphatic heterocycles. The molecule has 0 saturated carbocycles. The van der Waals surface area contributed by atoms with Gasteiger partial charge in [-0.3, -0.25) is 43.2 Å². The Morgan fingerprint density at radius 2 is 0.907 bits per heavy atom. The summed E-state index contributed by atoms with van der Waals surface area (Å²) in [5.74, 6) is -7.05. The maximum absolute atomic E-state index is 13.7. The zero-order chi connectivity index (χ0) is 64.0. The Balaban J connectivity index is 2.09. The van der Waals surface area contributed by atoms with Crippen LogP contribution in [0.25, 0.3) is 0 Å². The van der Waals surface area contributed by atoms with Gasteiger partial charge in [0.1, 0.15) is 80.0 Å². The van der Waals surface area contributed by atoms with Crippen molar-refractivity contribution in [2.75, 3.05) is 40.6 Å². The van der Waals surface area contributed by atoms with Gasteiger partial charge in [0.25, 0.3) is 0 Å². The molecular formula is C57H79N3O26. The average Bonchev–Trinajstić information content (AvgIpc) is 0.955. The number of amides is 1. The van der Waals surface area contributed by atoms with Crippen LogP contribution >= 0.6 is 0 Å². The Bertz CT molecular complexity index is 2610. The smallest absolute Gasteiger partial charge is 0.408 e. The second-order valence-corrected chi connectivity index (χ2v) is 20.7. The Morgan fingerprint density at radius 3 is 1.34 bits per heavy atom. The Labute approximate surface area is 497 Å². The van der Waals surface area contributed by atoms with Gasteiger partial charge in [0.15, 0.2) is 43.1 Å². The lowest BCUT2D eigenvalue weighted by Crippen LogP contribution is -2.70. The van der Waals surface area contributed by atoms with Gasteiger partial charge < -0.3 is 91.7 Å². The van der Waals surface area contributed by atoms with Gasteiger partial charge in [-0.1, -0.05) is 24.3 Å². The fourth-order valence-corrected chi connectivity index (χ4v) is 9.01. The number of hydrogen-bond acceptors (Lipinski definition) is 28. The maximum atomic E-state index is 13.7. The zero-order valence-corrected chi connectivity index (χ0v) is 50.6. The van der Waals surface area contributed by atoms with Crippen molar-refractivity contribution in [3.05, 3.63) is 59.7 Å². The minimum absolute atomic E-state index is 0.0204. The summed E-state index contributed by atoms with van der Waals surface area (Å²) in [6.07, 6.45) is -20.0. The Morgan fingerprint density at radius 1 is 0.488 bits per heavy atom. The zero-order valence-electron chi connectivity index (χ0n) is 50.6. The van der Waals surface area contributed by atoms with Crippen molar-refractivity contribution in [3.63, 3.8) is 0 Å². The molecule has 0 spiro atoms. The van der Waals surface area contributed by atoms with E-state index >= 15 is 0 Å². The highest BCUT2D eigenvalue weighted by molar-refractivity contribution is 5.71. The van der Waals surface area contributed by atoms with E-state index in [1.807, 2.05) is 0 Å². The molecule has 14 atom stereocenters. The van der Waals surface area contributed by atoms with Gasteiger partial charge in [-0.2, -0.15) is 0 Å². The molecule has 0 aromatic heterocycles. The van der Waals surface area contributed by atoms with Crippen molar-refractivity contribution in [1.29, 1.82) is 0 Å². The Hall–Kier alpha value is -7.70. The predicted molar refractivity (Wildman–Crippen MR) is 292 cm³/mol. The lowest BCUT2D eigenvalue weighted by atomic mass is 9.93. The second kappa shape index (κ2) is 33.9. The number of methoxy groups -OCH3 is 2. The summed E-state index contributed by atoms with van der Waals surface area (Å²) in [5.41, 5.74) is 0.0935. The van der Waals surface area contributed by atoms with Crippen LogP contribution in [0, 0.1) is 0 Å². The minimum Gasteiger partial charge on any atom is -0.497 e. The van der Waals surface area contributed by atoms with Crippen LogP contribution in [-0.4, -0.2) is 192 Å². The van der Waals surface area contributed by atoms with Crippen molar-refractivity contribution in [1.82, 2.24) is 16.0 Å². The first-order valence-electron chi connectivity index (χ1n) is 27.2. The first kappa shape index (κ1) is 70.8. The van der Waals surface area contributed by atoms with Crippen molar-refractivity contribution in [2.45, 2.75) is 187 Å². The third-order valence-electron chi connectivity index (χ3n) is 12.4. The molecule has 4 rings (SSSR count). The average molecular weight is 1220 g/mol. The molecule has 2 aliphatic rings. The molecule has 3 N–H and O–H groups in total. The summed E-state index contributed by atoms with van der Waals surface area (Å²) in [5, 5.41) is 9.08. The maximum Gasteiger partial charge on any atom is 0.408 e. The molecular weight excluding hydrogens is 1140 g/mol. The normalized spacial score (nSPS) is 23.2. The van der Waals surface area contributed by atoms with Gasteiger partial charge in [0, 0.05) is 75.4 Å². The van der Waals surface area contributed by atoms with Crippen LogP contribution in [0.4, 0.5) is 4.79 Å². The monoisotopic (exact) mass is 1220 g/mol. The first-order valence-corrected chi connectivity index (χ1v) is 27.2. The molecule has 0 aliphatic carbocycles. The fourth-order valence-electron chi connectivity index (χ4n) is 9.01. The van der Waals surface area contributed by atoms with Crippen molar-refractivity contribution in [3.8, 4) is 11.5 Å². The molecule has 2 aromatic rings. The summed E-state index contributed by atoms with van der Waals surface area (Å²) in [6, 6.07) is 8.93. The van der Waals surface area contributed by atoms with Crippen molar-refractivity contribution >= 4 is 59.8 Å². The largest absolute Gasteiger partial charge is 0.497 e.